The van der Waals surface area contributed by atoms with Crippen LogP contribution in [-0.2, 0) is 0 Å². The Labute approximate surface area is 292 Å². The van der Waals surface area contributed by atoms with Crippen molar-refractivity contribution in [2.24, 2.45) is 0 Å². The van der Waals surface area contributed by atoms with E-state index in [0.717, 1.165) is 17.1 Å². The van der Waals surface area contributed by atoms with E-state index in [-0.39, 0.29) is 0 Å². The Morgan fingerprint density at radius 1 is 0.340 bits per heavy atom. The van der Waals surface area contributed by atoms with E-state index in [1.165, 1.54) is 60.9 Å². The van der Waals surface area contributed by atoms with Crippen LogP contribution in [-0.4, -0.2) is 4.40 Å². The minimum Gasteiger partial charge on any atom is -0.316 e. The molecular weight excluding hydrogens is 605 g/mol. The molecule has 0 atom stereocenters. The molecule has 0 saturated carbocycles. The van der Waals surface area contributed by atoms with Gasteiger partial charge in [0.2, 0.25) is 0 Å². The lowest BCUT2D eigenvalue weighted by Crippen LogP contribution is -2.10. The van der Waals surface area contributed by atoms with Crippen molar-refractivity contribution in [3.63, 3.8) is 0 Å². The molecule has 0 fully saturated rings. The van der Waals surface area contributed by atoms with Crippen LogP contribution < -0.4 is 4.90 Å². The first-order chi connectivity index (χ1) is 24.8. The van der Waals surface area contributed by atoms with E-state index in [0.29, 0.717) is 0 Å². The average molecular weight is 639 g/mol. The van der Waals surface area contributed by atoms with Crippen LogP contribution in [0.3, 0.4) is 0 Å². The minimum absolute atomic E-state index is 1.10. The van der Waals surface area contributed by atoms with Gasteiger partial charge >= 0.3 is 0 Å². The maximum atomic E-state index is 2.39. The van der Waals surface area contributed by atoms with Gasteiger partial charge in [-0.2, -0.15) is 0 Å². The SMILES string of the molecule is c1ccc(-c2ccc(N(c3ccc(-c4ccccc4)cc3)c3ccc(-c4c(-c5ccccc5)cc5ccccn45)c4ccccc34)cc2)cc1. The second kappa shape index (κ2) is 12.8. The van der Waals surface area contributed by atoms with E-state index in [1.54, 1.807) is 0 Å². The average Bonchev–Trinajstić information content (AvgIpc) is 3.59. The summed E-state index contributed by atoms with van der Waals surface area (Å²) in [4.78, 5) is 2.39. The summed E-state index contributed by atoms with van der Waals surface area (Å²) in [7, 11) is 0. The van der Waals surface area contributed by atoms with Crippen molar-refractivity contribution in [2.45, 2.75) is 0 Å². The zero-order valence-electron chi connectivity index (χ0n) is 27.5. The molecule has 0 bridgehead atoms. The van der Waals surface area contributed by atoms with Gasteiger partial charge in [-0.3, -0.25) is 0 Å². The highest BCUT2D eigenvalue weighted by Crippen LogP contribution is 2.45. The summed E-state index contributed by atoms with van der Waals surface area (Å²) < 4.78 is 2.33. The van der Waals surface area contributed by atoms with Gasteiger partial charge in [0, 0.05) is 39.6 Å². The molecule has 0 saturated heterocycles. The number of anilines is 3. The molecule has 0 radical (unpaired) electrons. The molecule has 0 aliphatic carbocycles. The van der Waals surface area contributed by atoms with E-state index in [2.05, 4.69) is 216 Å². The highest BCUT2D eigenvalue weighted by Gasteiger charge is 2.21. The summed E-state index contributed by atoms with van der Waals surface area (Å²) in [6, 6.07) is 71.9. The Balaban J connectivity index is 1.24. The van der Waals surface area contributed by atoms with Gasteiger partial charge in [0.15, 0.2) is 0 Å². The summed E-state index contributed by atoms with van der Waals surface area (Å²) in [6.45, 7) is 0. The Morgan fingerprint density at radius 2 is 0.820 bits per heavy atom. The van der Waals surface area contributed by atoms with Crippen LogP contribution >= 0.6 is 0 Å². The third-order valence-corrected chi connectivity index (χ3v) is 9.63. The van der Waals surface area contributed by atoms with Gasteiger partial charge in [0.1, 0.15) is 0 Å². The molecule has 2 aromatic heterocycles. The molecule has 0 spiro atoms. The molecule has 0 unspecified atom stereocenters. The molecule has 0 amide bonds. The van der Waals surface area contributed by atoms with Crippen LogP contribution in [0.4, 0.5) is 17.1 Å². The Bertz CT molecular complexity index is 2470. The van der Waals surface area contributed by atoms with Crippen molar-refractivity contribution < 1.29 is 0 Å². The van der Waals surface area contributed by atoms with Gasteiger partial charge in [-0.05, 0) is 81.7 Å². The van der Waals surface area contributed by atoms with Gasteiger partial charge in [-0.15, -0.1) is 0 Å². The predicted molar refractivity (Wildman–Crippen MR) is 211 cm³/mol. The second-order valence-electron chi connectivity index (χ2n) is 12.6. The zero-order valence-corrected chi connectivity index (χ0v) is 27.5. The smallest absolute Gasteiger partial charge is 0.0613 e. The van der Waals surface area contributed by atoms with Crippen molar-refractivity contribution >= 4 is 33.4 Å². The van der Waals surface area contributed by atoms with Gasteiger partial charge in [0.25, 0.3) is 0 Å². The molecule has 0 aliphatic heterocycles. The number of pyridine rings is 1. The molecule has 2 heterocycles. The van der Waals surface area contributed by atoms with E-state index in [4.69, 9.17) is 0 Å². The summed E-state index contributed by atoms with van der Waals surface area (Å²) in [6.07, 6.45) is 2.18. The molecule has 0 N–H and O–H groups in total. The van der Waals surface area contributed by atoms with Crippen molar-refractivity contribution in [2.75, 3.05) is 4.90 Å². The van der Waals surface area contributed by atoms with Crippen molar-refractivity contribution in [3.8, 4) is 44.6 Å². The molecule has 236 valence electrons. The van der Waals surface area contributed by atoms with Gasteiger partial charge in [0.05, 0.1) is 11.4 Å². The van der Waals surface area contributed by atoms with Gasteiger partial charge < -0.3 is 9.30 Å². The number of aromatic nitrogens is 1. The number of rotatable bonds is 7. The Hall–Kier alpha value is -6.64. The number of hydrogen-bond acceptors (Lipinski definition) is 1. The molecule has 7 aromatic carbocycles. The van der Waals surface area contributed by atoms with E-state index >= 15 is 0 Å². The van der Waals surface area contributed by atoms with E-state index < -0.39 is 0 Å². The lowest BCUT2D eigenvalue weighted by molar-refractivity contribution is 1.21. The summed E-state index contributed by atoms with van der Waals surface area (Å²) in [5.41, 5.74) is 14.2. The highest BCUT2D eigenvalue weighted by atomic mass is 15.1. The van der Waals surface area contributed by atoms with E-state index in [9.17, 15) is 0 Å². The molecule has 2 nitrogen and oxygen atoms in total. The van der Waals surface area contributed by atoms with Crippen LogP contribution in [0.25, 0.3) is 60.9 Å². The fourth-order valence-electron chi connectivity index (χ4n) is 7.22. The number of hydrogen-bond donors (Lipinski definition) is 0. The molecule has 0 aliphatic rings. The summed E-state index contributed by atoms with van der Waals surface area (Å²) in [5.74, 6) is 0. The number of fused-ring (bicyclic) bond motifs is 2. The molecular formula is C48H34N2. The van der Waals surface area contributed by atoms with Gasteiger partial charge in [-0.25, -0.2) is 0 Å². The standard InChI is InChI=1S/C48H34N2/c1-4-14-35(15-5-1)37-23-27-40(28-24-37)50(41-29-25-38(26-30-41)36-16-6-2-7-17-36)47-32-31-45(43-21-10-11-22-44(43)47)48-46(39-18-8-3-9-19-39)34-42-20-12-13-33-49(42)48/h1-34H. The van der Waals surface area contributed by atoms with Crippen molar-refractivity contribution in [1.29, 1.82) is 0 Å². The molecule has 2 heteroatoms. The third kappa shape index (κ3) is 5.34. The highest BCUT2D eigenvalue weighted by molar-refractivity contribution is 6.08. The lowest BCUT2D eigenvalue weighted by atomic mass is 9.95. The Morgan fingerprint density at radius 3 is 1.40 bits per heavy atom. The largest absolute Gasteiger partial charge is 0.316 e. The minimum atomic E-state index is 1.10. The predicted octanol–water partition coefficient (Wildman–Crippen LogP) is 13.2. The third-order valence-electron chi connectivity index (χ3n) is 9.63. The first-order valence-electron chi connectivity index (χ1n) is 17.1. The summed E-state index contributed by atoms with van der Waals surface area (Å²) in [5, 5.41) is 2.40. The Kier molecular flexibility index (Phi) is 7.53. The number of nitrogens with zero attached hydrogens (tertiary/aromatic N) is 2. The summed E-state index contributed by atoms with van der Waals surface area (Å²) >= 11 is 0. The van der Waals surface area contributed by atoms with Crippen LogP contribution in [0.1, 0.15) is 0 Å². The van der Waals surface area contributed by atoms with E-state index in [1.807, 2.05) is 0 Å². The van der Waals surface area contributed by atoms with Crippen LogP contribution in [0.2, 0.25) is 0 Å². The maximum Gasteiger partial charge on any atom is 0.0613 e. The number of benzene rings is 7. The fraction of sp³-hybridized carbons (Fsp3) is 0. The fourth-order valence-corrected chi connectivity index (χ4v) is 7.22. The molecule has 9 aromatic rings. The first kappa shape index (κ1) is 29.5. The normalized spacial score (nSPS) is 11.2. The lowest BCUT2D eigenvalue weighted by Gasteiger charge is -2.28. The monoisotopic (exact) mass is 638 g/mol. The van der Waals surface area contributed by atoms with Crippen molar-refractivity contribution in [3.05, 3.63) is 206 Å². The topological polar surface area (TPSA) is 7.65 Å². The van der Waals surface area contributed by atoms with Crippen LogP contribution in [0.5, 0.6) is 0 Å². The molecule has 50 heavy (non-hydrogen) atoms. The maximum absolute atomic E-state index is 2.39. The van der Waals surface area contributed by atoms with Crippen LogP contribution in [0, 0.1) is 0 Å². The van der Waals surface area contributed by atoms with Crippen molar-refractivity contribution in [1.82, 2.24) is 4.40 Å². The van der Waals surface area contributed by atoms with Crippen LogP contribution in [0.15, 0.2) is 206 Å². The second-order valence-corrected chi connectivity index (χ2v) is 12.6. The molecule has 9 rings (SSSR count). The quantitative estimate of drug-likeness (QED) is 0.169. The zero-order chi connectivity index (χ0) is 33.3. The van der Waals surface area contributed by atoms with Gasteiger partial charge in [-0.1, -0.05) is 152 Å². The first-order valence-corrected chi connectivity index (χ1v) is 17.1.